The van der Waals surface area contributed by atoms with Gasteiger partial charge in [0.15, 0.2) is 53.1 Å². The predicted molar refractivity (Wildman–Crippen MR) is 196 cm³/mol. The summed E-state index contributed by atoms with van der Waals surface area (Å²) in [5.74, 6) is -11.9. The molecular weight excluding hydrogens is 764 g/mol. The van der Waals surface area contributed by atoms with Crippen LogP contribution in [0.5, 0.6) is 0 Å². The minimum Gasteiger partial charge on any atom is -0.458 e. The van der Waals surface area contributed by atoms with Crippen LogP contribution in [-0.2, 0) is 76.3 Å². The van der Waals surface area contributed by atoms with Gasteiger partial charge < -0.3 is 37.9 Å². The molecule has 1 aromatic carbocycles. The van der Waals surface area contributed by atoms with Gasteiger partial charge in [0.25, 0.3) is 0 Å². The first-order valence-electron chi connectivity index (χ1n) is 18.7. The summed E-state index contributed by atoms with van der Waals surface area (Å²) in [5.41, 5.74) is -8.61. The molecule has 0 radical (unpaired) electrons. The average Bonchev–Trinajstić information content (AvgIpc) is 3.33. The normalized spacial score (nSPS) is 32.9. The van der Waals surface area contributed by atoms with Crippen LogP contribution in [0.15, 0.2) is 42.5 Å². The summed E-state index contributed by atoms with van der Waals surface area (Å²) in [4.78, 5) is 122. The third-order valence-corrected chi connectivity index (χ3v) is 10.5. The Morgan fingerprint density at radius 1 is 0.672 bits per heavy atom. The number of hydrogen-bond donors (Lipinski definition) is 0. The third-order valence-electron chi connectivity index (χ3n) is 10.5. The lowest BCUT2D eigenvalue weighted by Gasteiger charge is -2.53. The van der Waals surface area contributed by atoms with Crippen LogP contribution in [0, 0.1) is 17.3 Å². The van der Waals surface area contributed by atoms with Gasteiger partial charge in [-0.2, -0.15) is 0 Å². The maximum Gasteiger partial charge on any atom is 0.338 e. The number of fused-ring (bicyclic) bond motifs is 3. The summed E-state index contributed by atoms with van der Waals surface area (Å²) in [6.45, 7) is 12.1. The van der Waals surface area contributed by atoms with Gasteiger partial charge in [-0.25, -0.2) is 4.79 Å². The van der Waals surface area contributed by atoms with Gasteiger partial charge in [0, 0.05) is 72.1 Å². The van der Waals surface area contributed by atoms with Crippen LogP contribution in [0.2, 0.25) is 0 Å². The van der Waals surface area contributed by atoms with Gasteiger partial charge >= 0.3 is 47.8 Å². The molecular formula is C41H50O17. The van der Waals surface area contributed by atoms with Gasteiger partial charge in [-0.15, -0.1) is 0 Å². The first-order valence-corrected chi connectivity index (χ1v) is 18.7. The van der Waals surface area contributed by atoms with Crippen LogP contribution in [-0.4, -0.2) is 101 Å². The Bertz CT molecular complexity index is 1870. The Labute approximate surface area is 335 Å². The summed E-state index contributed by atoms with van der Waals surface area (Å²) in [6.07, 6.45) is -8.42. The fourth-order valence-corrected chi connectivity index (χ4v) is 8.50. The molecule has 1 saturated heterocycles. The van der Waals surface area contributed by atoms with Gasteiger partial charge in [0.2, 0.25) is 0 Å². The number of carbonyl (C=O) groups excluding carboxylic acids is 9. The van der Waals surface area contributed by atoms with Crippen molar-refractivity contribution in [3.63, 3.8) is 0 Å². The van der Waals surface area contributed by atoms with Crippen molar-refractivity contribution in [1.82, 2.24) is 0 Å². The maximum absolute atomic E-state index is 15.3. The van der Waals surface area contributed by atoms with Gasteiger partial charge in [0.1, 0.15) is 0 Å². The summed E-state index contributed by atoms with van der Waals surface area (Å²) in [6, 6.07) is 7.44. The third kappa shape index (κ3) is 9.23. The Morgan fingerprint density at radius 3 is 1.74 bits per heavy atom. The van der Waals surface area contributed by atoms with E-state index in [1.807, 2.05) is 0 Å². The van der Waals surface area contributed by atoms with Crippen molar-refractivity contribution < 1.29 is 81.0 Å². The molecule has 316 valence electrons. The number of carbonyl (C=O) groups is 9. The molecule has 1 saturated carbocycles. The minimum absolute atomic E-state index is 0.0623. The molecule has 10 atom stereocenters. The lowest BCUT2D eigenvalue weighted by molar-refractivity contribution is -0.264. The molecule has 17 nitrogen and oxygen atoms in total. The topological polar surface area (TPSA) is 227 Å². The predicted octanol–water partition coefficient (Wildman–Crippen LogP) is 3.46. The van der Waals surface area contributed by atoms with Crippen LogP contribution in [0.1, 0.15) is 98.9 Å². The van der Waals surface area contributed by atoms with Gasteiger partial charge in [-0.1, -0.05) is 51.1 Å². The molecule has 1 heterocycles. The van der Waals surface area contributed by atoms with E-state index in [1.165, 1.54) is 50.3 Å². The highest BCUT2D eigenvalue weighted by atomic mass is 16.7. The van der Waals surface area contributed by atoms with Crippen molar-refractivity contribution in [3.05, 3.63) is 48.0 Å². The zero-order chi connectivity index (χ0) is 43.5. The molecule has 0 N–H and O–H groups in total. The molecule has 0 spiro atoms. The van der Waals surface area contributed by atoms with Crippen LogP contribution in [0.4, 0.5) is 0 Å². The SMILES string of the molecule is CC(=O)OC1C(OC(C)=O)C(C)(C)C=CC(C)C(=O)C2(OC(C)=O)CC(C)(OC(C)=O)C(OC(C)=O)C2C2OC(=O)CCC2(OC(=O)c2ccccc2)C1OC(C)=O. The Kier molecular flexibility index (Phi) is 13.3. The fourth-order valence-electron chi connectivity index (χ4n) is 8.50. The Balaban J connectivity index is 2.32. The van der Waals surface area contributed by atoms with Gasteiger partial charge in [-0.3, -0.25) is 38.4 Å². The quantitative estimate of drug-likeness (QED) is 0.208. The van der Waals surface area contributed by atoms with E-state index in [4.69, 9.17) is 37.9 Å². The number of hydrogen-bond acceptors (Lipinski definition) is 17. The second-order valence-corrected chi connectivity index (χ2v) is 15.7. The summed E-state index contributed by atoms with van der Waals surface area (Å²) >= 11 is 0. The lowest BCUT2D eigenvalue weighted by atomic mass is 9.66. The average molecular weight is 815 g/mol. The molecule has 0 aromatic heterocycles. The first-order chi connectivity index (χ1) is 26.9. The smallest absolute Gasteiger partial charge is 0.338 e. The molecule has 10 unspecified atom stereocenters. The fraction of sp³-hybridized carbons (Fsp3) is 0.585. The van der Waals surface area contributed by atoms with Gasteiger partial charge in [-0.05, 0) is 19.1 Å². The van der Waals surface area contributed by atoms with Crippen LogP contribution in [0.3, 0.4) is 0 Å². The highest BCUT2D eigenvalue weighted by Gasteiger charge is 2.76. The molecule has 3 aliphatic rings. The number of Topliss-reactive ketones (excluding diaryl/α,β-unsaturated/α-hetero) is 1. The largest absolute Gasteiger partial charge is 0.458 e. The molecule has 2 aliphatic carbocycles. The van der Waals surface area contributed by atoms with Crippen LogP contribution in [0.25, 0.3) is 0 Å². The Hall–Kier alpha value is -5.61. The van der Waals surface area contributed by atoms with E-state index in [0.717, 1.165) is 41.5 Å². The zero-order valence-electron chi connectivity index (χ0n) is 34.1. The van der Waals surface area contributed by atoms with E-state index < -0.39 is 137 Å². The highest BCUT2D eigenvalue weighted by Crippen LogP contribution is 2.57. The lowest BCUT2D eigenvalue weighted by Crippen LogP contribution is -2.72. The van der Waals surface area contributed by atoms with Crippen LogP contribution >= 0.6 is 0 Å². The summed E-state index contributed by atoms with van der Waals surface area (Å²) in [7, 11) is 0. The number of ketones is 1. The molecule has 58 heavy (non-hydrogen) atoms. The molecule has 4 rings (SSSR count). The van der Waals surface area contributed by atoms with E-state index in [0.29, 0.717) is 0 Å². The molecule has 2 fully saturated rings. The van der Waals surface area contributed by atoms with E-state index in [2.05, 4.69) is 0 Å². The number of allylic oxidation sites excluding steroid dienone is 1. The standard InChI is InChI=1S/C41H50O17/c1-21-16-18-38(8,9)35(53-24(4)44)31(51-22(2)42)36(54-25(5)45)40(58-37(50)28-14-12-11-13-15-28)19-17-29(48)55-34(40)30-33(52-23(3)43)39(10,56-26(6)46)20-41(30,32(21)49)57-27(7)47/h11-16,18,21,30-31,33-36H,17,19-20H2,1-10H3. The number of ether oxygens (including phenoxy) is 8. The van der Waals surface area contributed by atoms with E-state index in [-0.39, 0.29) is 5.56 Å². The minimum atomic E-state index is -2.58. The molecule has 0 bridgehead atoms. The van der Waals surface area contributed by atoms with Crippen molar-refractivity contribution in [2.45, 2.75) is 136 Å². The molecule has 1 aliphatic heterocycles. The number of rotatable bonds is 8. The molecule has 0 amide bonds. The van der Waals surface area contributed by atoms with Crippen molar-refractivity contribution in [2.24, 2.45) is 17.3 Å². The number of esters is 8. The monoisotopic (exact) mass is 814 g/mol. The Morgan fingerprint density at radius 2 is 1.21 bits per heavy atom. The van der Waals surface area contributed by atoms with Crippen molar-refractivity contribution in [1.29, 1.82) is 0 Å². The second-order valence-electron chi connectivity index (χ2n) is 15.7. The second kappa shape index (κ2) is 17.1. The maximum atomic E-state index is 15.3. The van der Waals surface area contributed by atoms with Crippen molar-refractivity contribution >= 4 is 53.5 Å². The zero-order valence-corrected chi connectivity index (χ0v) is 34.1. The van der Waals surface area contributed by atoms with E-state index in [1.54, 1.807) is 19.9 Å². The van der Waals surface area contributed by atoms with E-state index in [9.17, 15) is 38.4 Å². The van der Waals surface area contributed by atoms with Crippen molar-refractivity contribution in [2.75, 3.05) is 0 Å². The summed E-state index contributed by atoms with van der Waals surface area (Å²) in [5, 5.41) is 0. The molecule has 17 heteroatoms. The van der Waals surface area contributed by atoms with E-state index >= 15 is 4.79 Å². The first kappa shape index (κ1) is 45.1. The molecule has 1 aromatic rings. The van der Waals surface area contributed by atoms with Crippen molar-refractivity contribution in [3.8, 4) is 0 Å². The van der Waals surface area contributed by atoms with Gasteiger partial charge in [0.05, 0.1) is 11.5 Å². The summed E-state index contributed by atoms with van der Waals surface area (Å²) < 4.78 is 48.1. The van der Waals surface area contributed by atoms with Crippen LogP contribution < -0.4 is 0 Å². The number of benzene rings is 1. The highest BCUT2D eigenvalue weighted by molar-refractivity contribution is 5.94.